The maximum atomic E-state index is 12.6. The average Bonchev–Trinajstić information content (AvgIpc) is 3.17. The molecule has 0 bridgehead atoms. The largest absolute Gasteiger partial charge is 0.328 e. The molecule has 26 heavy (non-hydrogen) atoms. The number of imidazole rings is 1. The molecule has 1 unspecified atom stereocenters. The molecule has 1 aromatic heterocycles. The number of carbonyl (C=O) groups is 2. The molecule has 0 spiro atoms. The molecule has 2 aromatic carbocycles. The molecule has 1 atom stereocenters. The van der Waals surface area contributed by atoms with E-state index in [2.05, 4.69) is 20.6 Å². The van der Waals surface area contributed by atoms with Crippen LogP contribution in [0.5, 0.6) is 0 Å². The molecule has 7 heteroatoms. The van der Waals surface area contributed by atoms with E-state index in [1.165, 1.54) is 23.3 Å². The first kappa shape index (κ1) is 15.8. The standard InChI is InChI=1S/C19H15N5O2/c25-18-17(23-19(26)24-11-10-20-12-24)22-16(13-6-2-1-3-7-13)14-8-4-5-9-15(14)21-18/h1-12,17H,(H,21,25)(H,23,26). The molecule has 2 N–H and O–H groups in total. The smallest absolute Gasteiger partial charge is 0.322 e. The van der Waals surface area contributed by atoms with E-state index in [9.17, 15) is 9.59 Å². The molecule has 3 aromatic rings. The van der Waals surface area contributed by atoms with Crippen LogP contribution in [0.1, 0.15) is 11.1 Å². The molecule has 0 fully saturated rings. The van der Waals surface area contributed by atoms with Gasteiger partial charge in [-0.2, -0.15) is 0 Å². The molecule has 2 heterocycles. The van der Waals surface area contributed by atoms with Gasteiger partial charge in [0, 0.05) is 23.5 Å². The molecule has 1 aliphatic rings. The summed E-state index contributed by atoms with van der Waals surface area (Å²) in [6.45, 7) is 0. The van der Waals surface area contributed by atoms with Crippen molar-refractivity contribution in [1.82, 2.24) is 14.9 Å². The summed E-state index contributed by atoms with van der Waals surface area (Å²) < 4.78 is 1.25. The third-order valence-electron chi connectivity index (χ3n) is 3.99. The highest BCUT2D eigenvalue weighted by Crippen LogP contribution is 2.23. The third-order valence-corrected chi connectivity index (χ3v) is 3.99. The van der Waals surface area contributed by atoms with Gasteiger partial charge in [0.15, 0.2) is 0 Å². The van der Waals surface area contributed by atoms with Gasteiger partial charge < -0.3 is 10.6 Å². The van der Waals surface area contributed by atoms with Crippen molar-refractivity contribution >= 4 is 23.3 Å². The van der Waals surface area contributed by atoms with Gasteiger partial charge in [0.2, 0.25) is 6.17 Å². The number of benzodiazepines with no additional fused rings is 1. The van der Waals surface area contributed by atoms with Crippen LogP contribution in [0.3, 0.4) is 0 Å². The summed E-state index contributed by atoms with van der Waals surface area (Å²) in [6, 6.07) is 16.5. The first-order valence-electron chi connectivity index (χ1n) is 8.05. The number of hydrogen-bond donors (Lipinski definition) is 2. The number of nitrogens with one attached hydrogen (secondary N) is 2. The van der Waals surface area contributed by atoms with E-state index in [0.29, 0.717) is 11.4 Å². The number of amides is 2. The quantitative estimate of drug-likeness (QED) is 0.747. The van der Waals surface area contributed by atoms with Crippen LogP contribution in [0, 0.1) is 0 Å². The first-order chi connectivity index (χ1) is 12.7. The van der Waals surface area contributed by atoms with Crippen molar-refractivity contribution in [3.05, 3.63) is 84.4 Å². The lowest BCUT2D eigenvalue weighted by molar-refractivity contribution is -0.117. The minimum atomic E-state index is -1.06. The Morgan fingerprint density at radius 1 is 1.08 bits per heavy atom. The van der Waals surface area contributed by atoms with E-state index >= 15 is 0 Å². The van der Waals surface area contributed by atoms with Crippen LogP contribution in [0.25, 0.3) is 0 Å². The van der Waals surface area contributed by atoms with Crippen LogP contribution in [-0.4, -0.2) is 33.4 Å². The van der Waals surface area contributed by atoms with Gasteiger partial charge >= 0.3 is 6.03 Å². The number of nitrogens with zero attached hydrogens (tertiary/aromatic N) is 3. The van der Waals surface area contributed by atoms with Crippen molar-refractivity contribution < 1.29 is 9.59 Å². The molecule has 0 aliphatic carbocycles. The zero-order valence-corrected chi connectivity index (χ0v) is 13.7. The minimum Gasteiger partial charge on any atom is -0.322 e. The summed E-state index contributed by atoms with van der Waals surface area (Å²) >= 11 is 0. The number of fused-ring (bicyclic) bond motifs is 1. The number of aliphatic imine (C=N–C) groups is 1. The Morgan fingerprint density at radius 3 is 2.62 bits per heavy atom. The first-order valence-corrected chi connectivity index (χ1v) is 8.05. The van der Waals surface area contributed by atoms with Crippen molar-refractivity contribution in [3.8, 4) is 0 Å². The molecule has 7 nitrogen and oxygen atoms in total. The molecule has 128 valence electrons. The second-order valence-corrected chi connectivity index (χ2v) is 5.70. The zero-order valence-electron chi connectivity index (χ0n) is 13.7. The average molecular weight is 345 g/mol. The minimum absolute atomic E-state index is 0.406. The molecule has 2 amide bonds. The van der Waals surface area contributed by atoms with Crippen LogP contribution < -0.4 is 10.6 Å². The van der Waals surface area contributed by atoms with Crippen LogP contribution in [0.4, 0.5) is 10.5 Å². The lowest BCUT2D eigenvalue weighted by atomic mass is 10.0. The SMILES string of the molecule is O=C1Nc2ccccc2C(c2ccccc2)=NC1NC(=O)n1ccnc1. The predicted octanol–water partition coefficient (Wildman–Crippen LogP) is 2.26. The Hall–Kier alpha value is -3.74. The second kappa shape index (κ2) is 6.64. The lowest BCUT2D eigenvalue weighted by Crippen LogP contribution is -2.43. The van der Waals surface area contributed by atoms with Gasteiger partial charge in [-0.05, 0) is 6.07 Å². The predicted molar refractivity (Wildman–Crippen MR) is 97.1 cm³/mol. The third kappa shape index (κ3) is 2.98. The topological polar surface area (TPSA) is 88.4 Å². The van der Waals surface area contributed by atoms with Crippen LogP contribution >= 0.6 is 0 Å². The number of hydrogen-bond acceptors (Lipinski definition) is 4. The monoisotopic (exact) mass is 345 g/mol. The molecule has 0 saturated heterocycles. The van der Waals surface area contributed by atoms with E-state index in [4.69, 9.17) is 0 Å². The normalized spacial score (nSPS) is 16.1. The summed E-state index contributed by atoms with van der Waals surface area (Å²) in [7, 11) is 0. The summed E-state index contributed by atoms with van der Waals surface area (Å²) in [6.07, 6.45) is 3.29. The Kier molecular flexibility index (Phi) is 4.03. The highest BCUT2D eigenvalue weighted by atomic mass is 16.2. The van der Waals surface area contributed by atoms with Gasteiger partial charge in [0.25, 0.3) is 5.91 Å². The van der Waals surface area contributed by atoms with E-state index in [1.807, 2.05) is 54.6 Å². The number of anilines is 1. The van der Waals surface area contributed by atoms with Gasteiger partial charge in [-0.1, -0.05) is 48.5 Å². The van der Waals surface area contributed by atoms with Crippen molar-refractivity contribution in [2.45, 2.75) is 6.17 Å². The molecule has 0 radical (unpaired) electrons. The molecular weight excluding hydrogens is 330 g/mol. The van der Waals surface area contributed by atoms with Gasteiger partial charge in [-0.3, -0.25) is 9.36 Å². The molecule has 1 aliphatic heterocycles. The fraction of sp³-hybridized carbons (Fsp3) is 0.0526. The fourth-order valence-electron chi connectivity index (χ4n) is 2.75. The lowest BCUT2D eigenvalue weighted by Gasteiger charge is -2.13. The van der Waals surface area contributed by atoms with Crippen molar-refractivity contribution in [2.75, 3.05) is 5.32 Å². The zero-order chi connectivity index (χ0) is 17.9. The Balaban J connectivity index is 1.76. The summed E-state index contributed by atoms with van der Waals surface area (Å²) in [5, 5.41) is 5.46. The summed E-state index contributed by atoms with van der Waals surface area (Å²) in [5.41, 5.74) is 2.94. The van der Waals surface area contributed by atoms with Crippen LogP contribution in [0.2, 0.25) is 0 Å². The number of aromatic nitrogens is 2. The van der Waals surface area contributed by atoms with Gasteiger partial charge in [-0.25, -0.2) is 14.8 Å². The highest BCUT2D eigenvalue weighted by molar-refractivity contribution is 6.19. The summed E-state index contributed by atoms with van der Waals surface area (Å²) in [5.74, 6) is -0.406. The summed E-state index contributed by atoms with van der Waals surface area (Å²) in [4.78, 5) is 33.3. The van der Waals surface area contributed by atoms with Crippen molar-refractivity contribution in [3.63, 3.8) is 0 Å². The number of benzene rings is 2. The van der Waals surface area contributed by atoms with E-state index in [0.717, 1.165) is 11.1 Å². The Bertz CT molecular complexity index is 980. The maximum Gasteiger partial charge on any atom is 0.328 e. The van der Waals surface area contributed by atoms with E-state index in [-0.39, 0.29) is 0 Å². The highest BCUT2D eigenvalue weighted by Gasteiger charge is 2.27. The fourth-order valence-corrected chi connectivity index (χ4v) is 2.75. The van der Waals surface area contributed by atoms with Crippen molar-refractivity contribution in [1.29, 1.82) is 0 Å². The Labute approximate surface area is 149 Å². The van der Waals surface area contributed by atoms with Gasteiger partial charge in [0.1, 0.15) is 6.33 Å². The molecular formula is C19H15N5O2. The second-order valence-electron chi connectivity index (χ2n) is 5.70. The van der Waals surface area contributed by atoms with E-state index < -0.39 is 18.1 Å². The van der Waals surface area contributed by atoms with E-state index in [1.54, 1.807) is 0 Å². The van der Waals surface area contributed by atoms with Crippen LogP contribution in [-0.2, 0) is 4.79 Å². The van der Waals surface area contributed by atoms with Crippen molar-refractivity contribution in [2.24, 2.45) is 4.99 Å². The molecule has 0 saturated carbocycles. The number of carbonyl (C=O) groups excluding carboxylic acids is 2. The maximum absolute atomic E-state index is 12.6. The van der Waals surface area contributed by atoms with Crippen LogP contribution in [0.15, 0.2) is 78.3 Å². The Morgan fingerprint density at radius 2 is 1.85 bits per heavy atom. The van der Waals surface area contributed by atoms with Gasteiger partial charge in [0.05, 0.1) is 11.4 Å². The number of rotatable bonds is 2. The molecule has 4 rings (SSSR count). The van der Waals surface area contributed by atoms with Gasteiger partial charge in [-0.15, -0.1) is 0 Å². The number of para-hydroxylation sites is 1.